The van der Waals surface area contributed by atoms with Gasteiger partial charge in [-0.25, -0.2) is 0 Å². The van der Waals surface area contributed by atoms with Gasteiger partial charge in [0.05, 0.1) is 12.7 Å². The molecule has 0 aliphatic heterocycles. The second-order valence-corrected chi connectivity index (χ2v) is 11.7. The molecule has 3 nitrogen and oxygen atoms in total. The van der Waals surface area contributed by atoms with Crippen LogP contribution in [-0.4, -0.2) is 34.6 Å². The summed E-state index contributed by atoms with van der Waals surface area (Å²) in [6.07, 6.45) is 15.4. The zero-order chi connectivity index (χ0) is 27.7. The third-order valence-corrected chi connectivity index (χ3v) is 8.11. The molecule has 3 heteroatoms. The standard InChI is InChI=1S/C10H18O.C10H20O.C10H18O.C2H5/c1-9(2)7-4-5-10(9,3)8(11)6-7;2*1-9(2)5-4-6-10(3)7-8-11;1-2/h7-8,11H,4-6H2,1-3H3;5,10-11H,4,6-8H2,1-3H3;5,7,11H,4,6,8H2,1-3H3;1H2,2H3/b;;10-7+;. The van der Waals surface area contributed by atoms with E-state index in [-0.39, 0.29) is 18.1 Å². The average molecular weight is 494 g/mol. The average Bonchev–Trinajstić information content (AvgIpc) is 3.09. The smallest absolute Gasteiger partial charge is 0.0614 e. The summed E-state index contributed by atoms with van der Waals surface area (Å²) < 4.78 is 0. The van der Waals surface area contributed by atoms with Gasteiger partial charge in [-0.3, -0.25) is 0 Å². The van der Waals surface area contributed by atoms with Crippen LogP contribution in [-0.2, 0) is 0 Å². The molecule has 0 heterocycles. The summed E-state index contributed by atoms with van der Waals surface area (Å²) in [5, 5.41) is 27.0. The minimum absolute atomic E-state index is 0.0313. The summed E-state index contributed by atoms with van der Waals surface area (Å²) in [6, 6.07) is 0. The number of aliphatic hydroxyl groups excluding tert-OH is 3. The van der Waals surface area contributed by atoms with E-state index in [1.165, 1.54) is 36.0 Å². The zero-order valence-corrected chi connectivity index (χ0v) is 25.1. The fourth-order valence-corrected chi connectivity index (χ4v) is 5.03. The number of rotatable bonds is 9. The summed E-state index contributed by atoms with van der Waals surface area (Å²) >= 11 is 0. The second-order valence-electron chi connectivity index (χ2n) is 11.7. The Kier molecular flexibility index (Phi) is 19.9. The van der Waals surface area contributed by atoms with Gasteiger partial charge in [0.1, 0.15) is 0 Å². The normalized spacial score (nSPS) is 24.6. The molecule has 4 unspecified atom stereocenters. The predicted octanol–water partition coefficient (Wildman–Crippen LogP) is 8.46. The molecule has 4 atom stereocenters. The molecule has 2 fully saturated rings. The van der Waals surface area contributed by atoms with Crippen molar-refractivity contribution in [3.05, 3.63) is 41.9 Å². The van der Waals surface area contributed by atoms with Gasteiger partial charge in [0.25, 0.3) is 0 Å². The van der Waals surface area contributed by atoms with Crippen molar-refractivity contribution in [3.63, 3.8) is 0 Å². The van der Waals surface area contributed by atoms with Gasteiger partial charge in [-0.15, -0.1) is 0 Å². The summed E-state index contributed by atoms with van der Waals surface area (Å²) in [4.78, 5) is 0. The van der Waals surface area contributed by atoms with Crippen LogP contribution in [0.3, 0.4) is 0 Å². The molecule has 1 radical (unpaired) electrons. The maximum absolute atomic E-state index is 9.81. The molecule has 207 valence electrons. The van der Waals surface area contributed by atoms with Crippen LogP contribution in [0.1, 0.15) is 121 Å². The molecule has 2 rings (SSSR count). The van der Waals surface area contributed by atoms with Crippen LogP contribution >= 0.6 is 0 Å². The SMILES string of the molecule is CC(C)=CCC/C(C)=C/CO.CC(C)=CCCC(C)CCO.CC1(C)C2CCC1(C)C(O)C2.[CH2]C. The van der Waals surface area contributed by atoms with E-state index in [9.17, 15) is 5.11 Å². The molecule has 2 aliphatic rings. The highest BCUT2D eigenvalue weighted by molar-refractivity contribution is 5.10. The van der Waals surface area contributed by atoms with E-state index in [1.807, 2.05) is 6.08 Å². The lowest BCUT2D eigenvalue weighted by molar-refractivity contribution is 0.0126. The number of aliphatic hydroxyl groups is 3. The van der Waals surface area contributed by atoms with Gasteiger partial charge >= 0.3 is 0 Å². The Labute approximate surface area is 219 Å². The van der Waals surface area contributed by atoms with Gasteiger partial charge in [0.2, 0.25) is 0 Å². The number of hydrogen-bond acceptors (Lipinski definition) is 3. The second kappa shape index (κ2) is 19.2. The number of hydrogen-bond donors (Lipinski definition) is 3. The Balaban J connectivity index is 0. The van der Waals surface area contributed by atoms with Crippen LogP contribution in [0.25, 0.3) is 0 Å². The van der Waals surface area contributed by atoms with E-state index >= 15 is 0 Å². The molecular weight excluding hydrogens is 432 g/mol. The Bertz CT molecular complexity index is 621. The highest BCUT2D eigenvalue weighted by atomic mass is 16.3. The third kappa shape index (κ3) is 13.8. The first-order chi connectivity index (χ1) is 16.3. The monoisotopic (exact) mass is 493 g/mol. The first kappa shape index (κ1) is 36.3. The molecule has 0 amide bonds. The van der Waals surface area contributed by atoms with Crippen molar-refractivity contribution in [1.82, 2.24) is 0 Å². The Morgan fingerprint density at radius 1 is 0.914 bits per heavy atom. The lowest BCUT2D eigenvalue weighted by Gasteiger charge is -2.36. The molecule has 3 N–H and O–H groups in total. The molecule has 2 saturated carbocycles. The Hall–Kier alpha value is -0.900. The molecule has 2 aliphatic carbocycles. The lowest BCUT2D eigenvalue weighted by Crippen LogP contribution is -2.35. The van der Waals surface area contributed by atoms with Gasteiger partial charge in [0.15, 0.2) is 0 Å². The van der Waals surface area contributed by atoms with Crippen molar-refractivity contribution in [2.45, 2.75) is 127 Å². The topological polar surface area (TPSA) is 60.7 Å². The molecule has 0 aromatic carbocycles. The zero-order valence-electron chi connectivity index (χ0n) is 25.1. The minimum Gasteiger partial charge on any atom is -0.396 e. The van der Waals surface area contributed by atoms with Crippen molar-refractivity contribution in [2.75, 3.05) is 13.2 Å². The largest absolute Gasteiger partial charge is 0.396 e. The van der Waals surface area contributed by atoms with E-state index in [0.29, 0.717) is 17.9 Å². The quantitative estimate of drug-likeness (QED) is 0.282. The fraction of sp³-hybridized carbons (Fsp3) is 0.781. The number of allylic oxidation sites excluding steroid dienone is 5. The Morgan fingerprint density at radius 3 is 1.80 bits per heavy atom. The molecule has 0 aromatic rings. The summed E-state index contributed by atoms with van der Waals surface area (Å²) in [5.74, 6) is 1.44. The van der Waals surface area contributed by atoms with Crippen LogP contribution in [0.4, 0.5) is 0 Å². The molecule has 35 heavy (non-hydrogen) atoms. The van der Waals surface area contributed by atoms with E-state index < -0.39 is 0 Å². The van der Waals surface area contributed by atoms with Gasteiger partial charge < -0.3 is 15.3 Å². The summed E-state index contributed by atoms with van der Waals surface area (Å²) in [5.41, 5.74) is 4.62. The van der Waals surface area contributed by atoms with Crippen molar-refractivity contribution in [1.29, 1.82) is 0 Å². The summed E-state index contributed by atoms with van der Waals surface area (Å²) in [6.45, 7) is 25.1. The molecule has 0 aromatic heterocycles. The van der Waals surface area contributed by atoms with Crippen LogP contribution in [0.5, 0.6) is 0 Å². The van der Waals surface area contributed by atoms with Gasteiger partial charge in [-0.2, -0.15) is 0 Å². The van der Waals surface area contributed by atoms with Crippen molar-refractivity contribution < 1.29 is 15.3 Å². The molecule has 0 spiro atoms. The predicted molar refractivity (Wildman–Crippen MR) is 155 cm³/mol. The first-order valence-corrected chi connectivity index (χ1v) is 13.8. The van der Waals surface area contributed by atoms with Crippen molar-refractivity contribution in [2.24, 2.45) is 22.7 Å². The highest BCUT2D eigenvalue weighted by Gasteiger charge is 2.60. The number of fused-ring (bicyclic) bond motifs is 2. The van der Waals surface area contributed by atoms with Crippen LogP contribution in [0.15, 0.2) is 34.9 Å². The van der Waals surface area contributed by atoms with Gasteiger partial charge in [-0.05, 0) is 109 Å². The van der Waals surface area contributed by atoms with Crippen LogP contribution < -0.4 is 0 Å². The van der Waals surface area contributed by atoms with Crippen molar-refractivity contribution in [3.8, 4) is 0 Å². The maximum atomic E-state index is 9.81. The summed E-state index contributed by atoms with van der Waals surface area (Å²) in [7, 11) is 0. The van der Waals surface area contributed by atoms with Crippen LogP contribution in [0, 0.1) is 29.6 Å². The Morgan fingerprint density at radius 2 is 1.46 bits per heavy atom. The molecule has 0 saturated heterocycles. The van der Waals surface area contributed by atoms with E-state index in [2.05, 4.69) is 81.4 Å². The minimum atomic E-state index is -0.0313. The first-order valence-electron chi connectivity index (χ1n) is 13.8. The highest BCUT2D eigenvalue weighted by Crippen LogP contribution is 2.65. The van der Waals surface area contributed by atoms with E-state index in [1.54, 1.807) is 6.92 Å². The molecular formula is C32H61O3. The lowest BCUT2D eigenvalue weighted by atomic mass is 9.70. The maximum Gasteiger partial charge on any atom is 0.0614 e. The van der Waals surface area contributed by atoms with E-state index in [4.69, 9.17) is 10.2 Å². The van der Waals surface area contributed by atoms with Gasteiger partial charge in [-0.1, -0.05) is 76.5 Å². The molecule has 2 bridgehead atoms. The fourth-order valence-electron chi connectivity index (χ4n) is 5.03. The van der Waals surface area contributed by atoms with Crippen molar-refractivity contribution >= 4 is 0 Å². The van der Waals surface area contributed by atoms with Crippen LogP contribution in [0.2, 0.25) is 0 Å². The van der Waals surface area contributed by atoms with Gasteiger partial charge in [0, 0.05) is 6.61 Å². The van der Waals surface area contributed by atoms with E-state index in [0.717, 1.165) is 38.0 Å². The third-order valence-electron chi connectivity index (χ3n) is 8.11.